The minimum Gasteiger partial charge on any atom is -0.339 e. The average Bonchev–Trinajstić information content (AvgIpc) is 3.34. The molecule has 1 saturated carbocycles. The standard InChI is InChI=1S/C19H28N2O.ClH/c1-3-12-21(15-8-10-20-11-9-15)19(22)18-13-17(18)16-7-5-4-6-14(16)2;/h4-7,15,17-18,20H,3,8-13H2,1-2H3;1H. The first-order chi connectivity index (χ1) is 10.7. The van der Waals surface area contributed by atoms with Gasteiger partial charge < -0.3 is 10.2 Å². The molecule has 3 nitrogen and oxygen atoms in total. The van der Waals surface area contributed by atoms with Crippen molar-refractivity contribution < 1.29 is 4.79 Å². The second-order valence-electron chi connectivity index (χ2n) is 6.82. The van der Waals surface area contributed by atoms with Gasteiger partial charge in [0.1, 0.15) is 0 Å². The summed E-state index contributed by atoms with van der Waals surface area (Å²) in [4.78, 5) is 15.2. The van der Waals surface area contributed by atoms with E-state index in [9.17, 15) is 4.79 Å². The predicted octanol–water partition coefficient (Wildman–Crippen LogP) is 3.51. The van der Waals surface area contributed by atoms with Crippen molar-refractivity contribution in [2.75, 3.05) is 19.6 Å². The third-order valence-corrected chi connectivity index (χ3v) is 5.19. The van der Waals surface area contributed by atoms with E-state index in [1.807, 2.05) is 0 Å². The summed E-state index contributed by atoms with van der Waals surface area (Å²) in [6.45, 7) is 7.34. The Kier molecular flexibility index (Phi) is 6.49. The van der Waals surface area contributed by atoms with E-state index in [4.69, 9.17) is 0 Å². The maximum absolute atomic E-state index is 13.0. The molecule has 2 fully saturated rings. The van der Waals surface area contributed by atoms with Gasteiger partial charge in [0.15, 0.2) is 0 Å². The van der Waals surface area contributed by atoms with Crippen LogP contribution in [0, 0.1) is 12.8 Å². The monoisotopic (exact) mass is 336 g/mol. The van der Waals surface area contributed by atoms with Crippen LogP contribution in [0.4, 0.5) is 0 Å². The lowest BCUT2D eigenvalue weighted by atomic mass is 10.0. The number of hydrogen-bond donors (Lipinski definition) is 1. The smallest absolute Gasteiger partial charge is 0.226 e. The van der Waals surface area contributed by atoms with Gasteiger partial charge in [0.2, 0.25) is 5.91 Å². The number of rotatable bonds is 5. The van der Waals surface area contributed by atoms with E-state index in [0.717, 1.165) is 45.3 Å². The van der Waals surface area contributed by atoms with Crippen LogP contribution in [0.5, 0.6) is 0 Å². The Morgan fingerprint density at radius 3 is 2.61 bits per heavy atom. The van der Waals surface area contributed by atoms with Gasteiger partial charge in [-0.3, -0.25) is 4.79 Å². The van der Waals surface area contributed by atoms with Crippen LogP contribution in [0.25, 0.3) is 0 Å². The molecule has 1 N–H and O–H groups in total. The highest BCUT2D eigenvalue weighted by atomic mass is 35.5. The van der Waals surface area contributed by atoms with E-state index in [-0.39, 0.29) is 18.3 Å². The van der Waals surface area contributed by atoms with Crippen LogP contribution in [0.2, 0.25) is 0 Å². The maximum atomic E-state index is 13.0. The summed E-state index contributed by atoms with van der Waals surface area (Å²) < 4.78 is 0. The van der Waals surface area contributed by atoms with Gasteiger partial charge in [0, 0.05) is 18.5 Å². The summed E-state index contributed by atoms with van der Waals surface area (Å²) in [6.07, 6.45) is 4.30. The zero-order chi connectivity index (χ0) is 15.5. The van der Waals surface area contributed by atoms with E-state index in [0.29, 0.717) is 17.9 Å². The minimum atomic E-state index is 0. The first-order valence-electron chi connectivity index (χ1n) is 8.79. The Morgan fingerprint density at radius 2 is 1.96 bits per heavy atom. The Morgan fingerprint density at radius 1 is 1.26 bits per heavy atom. The molecule has 1 saturated heterocycles. The normalized spacial score (nSPS) is 23.9. The molecule has 1 aromatic carbocycles. The highest BCUT2D eigenvalue weighted by molar-refractivity contribution is 5.85. The Balaban J connectivity index is 0.00000192. The number of piperidine rings is 1. The first-order valence-corrected chi connectivity index (χ1v) is 8.79. The summed E-state index contributed by atoms with van der Waals surface area (Å²) in [5, 5.41) is 3.40. The van der Waals surface area contributed by atoms with Crippen molar-refractivity contribution in [1.29, 1.82) is 0 Å². The summed E-state index contributed by atoms with van der Waals surface area (Å²) in [5.74, 6) is 1.08. The fourth-order valence-corrected chi connectivity index (χ4v) is 3.86. The molecular weight excluding hydrogens is 308 g/mol. The zero-order valence-corrected chi connectivity index (χ0v) is 15.1. The van der Waals surface area contributed by atoms with Gasteiger partial charge in [-0.15, -0.1) is 12.4 Å². The van der Waals surface area contributed by atoms with Crippen LogP contribution < -0.4 is 5.32 Å². The predicted molar refractivity (Wildman–Crippen MR) is 97.2 cm³/mol. The first kappa shape index (κ1) is 18.3. The molecule has 1 aliphatic carbocycles. The van der Waals surface area contributed by atoms with Crippen molar-refractivity contribution in [1.82, 2.24) is 10.2 Å². The van der Waals surface area contributed by atoms with Crippen LogP contribution in [0.3, 0.4) is 0 Å². The van der Waals surface area contributed by atoms with Crippen LogP contribution in [0.15, 0.2) is 24.3 Å². The molecular formula is C19H29ClN2O. The van der Waals surface area contributed by atoms with E-state index in [2.05, 4.69) is 48.3 Å². The number of aryl methyl sites for hydroxylation is 1. The third kappa shape index (κ3) is 4.07. The van der Waals surface area contributed by atoms with Crippen LogP contribution in [0.1, 0.15) is 49.7 Å². The van der Waals surface area contributed by atoms with Gasteiger partial charge in [-0.25, -0.2) is 0 Å². The molecule has 1 amide bonds. The molecule has 0 radical (unpaired) electrons. The van der Waals surface area contributed by atoms with E-state index in [1.54, 1.807) is 0 Å². The Bertz CT molecular complexity index is 528. The van der Waals surface area contributed by atoms with Gasteiger partial charge in [0.05, 0.1) is 0 Å². The highest BCUT2D eigenvalue weighted by Crippen LogP contribution is 2.49. The van der Waals surface area contributed by atoms with Crippen molar-refractivity contribution in [2.24, 2.45) is 5.92 Å². The van der Waals surface area contributed by atoms with Crippen LogP contribution in [-0.4, -0.2) is 36.5 Å². The van der Waals surface area contributed by atoms with E-state index >= 15 is 0 Å². The molecule has 0 aromatic heterocycles. The molecule has 1 aromatic rings. The van der Waals surface area contributed by atoms with Gasteiger partial charge in [0.25, 0.3) is 0 Å². The molecule has 0 spiro atoms. The third-order valence-electron chi connectivity index (χ3n) is 5.19. The summed E-state index contributed by atoms with van der Waals surface area (Å²) in [7, 11) is 0. The Hall–Kier alpha value is -1.06. The number of hydrogen-bond acceptors (Lipinski definition) is 2. The summed E-state index contributed by atoms with van der Waals surface area (Å²) in [6, 6.07) is 8.98. The van der Waals surface area contributed by atoms with Crippen molar-refractivity contribution in [2.45, 2.75) is 51.5 Å². The lowest BCUT2D eigenvalue weighted by Gasteiger charge is -2.35. The molecule has 2 unspecified atom stereocenters. The fraction of sp³-hybridized carbons (Fsp3) is 0.632. The van der Waals surface area contributed by atoms with Crippen molar-refractivity contribution in [3.05, 3.63) is 35.4 Å². The number of carbonyl (C=O) groups is 1. The molecule has 3 rings (SSSR count). The SMILES string of the molecule is CCCN(C(=O)C1CC1c1ccccc1C)C1CCNCC1.Cl. The lowest BCUT2D eigenvalue weighted by Crippen LogP contribution is -2.47. The molecule has 128 valence electrons. The topological polar surface area (TPSA) is 32.3 Å². The fourth-order valence-electron chi connectivity index (χ4n) is 3.86. The van der Waals surface area contributed by atoms with E-state index < -0.39 is 0 Å². The number of carbonyl (C=O) groups excluding carboxylic acids is 1. The number of nitrogens with zero attached hydrogens (tertiary/aromatic N) is 1. The van der Waals surface area contributed by atoms with E-state index in [1.165, 1.54) is 11.1 Å². The number of halogens is 1. The van der Waals surface area contributed by atoms with Gasteiger partial charge in [-0.1, -0.05) is 31.2 Å². The van der Waals surface area contributed by atoms with Crippen LogP contribution in [-0.2, 0) is 4.79 Å². The number of nitrogens with one attached hydrogen (secondary N) is 1. The lowest BCUT2D eigenvalue weighted by molar-refractivity contribution is -0.135. The quantitative estimate of drug-likeness (QED) is 0.892. The van der Waals surface area contributed by atoms with Crippen LogP contribution >= 0.6 is 12.4 Å². The second-order valence-corrected chi connectivity index (χ2v) is 6.82. The maximum Gasteiger partial charge on any atom is 0.226 e. The zero-order valence-electron chi connectivity index (χ0n) is 14.3. The molecule has 2 atom stereocenters. The molecule has 23 heavy (non-hydrogen) atoms. The summed E-state index contributed by atoms with van der Waals surface area (Å²) >= 11 is 0. The molecule has 1 aliphatic heterocycles. The molecule has 0 bridgehead atoms. The van der Waals surface area contributed by atoms with Crippen molar-refractivity contribution >= 4 is 18.3 Å². The molecule has 1 heterocycles. The van der Waals surface area contributed by atoms with Gasteiger partial charge in [-0.2, -0.15) is 0 Å². The van der Waals surface area contributed by atoms with Crippen molar-refractivity contribution in [3.8, 4) is 0 Å². The van der Waals surface area contributed by atoms with Crippen molar-refractivity contribution in [3.63, 3.8) is 0 Å². The number of benzene rings is 1. The van der Waals surface area contributed by atoms with Gasteiger partial charge >= 0.3 is 0 Å². The largest absolute Gasteiger partial charge is 0.339 e. The highest BCUT2D eigenvalue weighted by Gasteiger charge is 2.47. The second kappa shape index (κ2) is 8.16. The minimum absolute atomic E-state index is 0. The number of amides is 1. The average molecular weight is 337 g/mol. The Labute approximate surface area is 146 Å². The molecule has 4 heteroatoms. The summed E-state index contributed by atoms with van der Waals surface area (Å²) in [5.41, 5.74) is 2.70. The van der Waals surface area contributed by atoms with Gasteiger partial charge in [-0.05, 0) is 62.7 Å². The molecule has 2 aliphatic rings.